The van der Waals surface area contributed by atoms with E-state index in [1.54, 1.807) is 0 Å². The third-order valence-corrected chi connectivity index (χ3v) is 4.32. The molecular formula is C22H42O. The average molecular weight is 323 g/mol. The van der Waals surface area contributed by atoms with E-state index in [9.17, 15) is 0 Å². The summed E-state index contributed by atoms with van der Waals surface area (Å²) < 4.78 is 6.13. The Morgan fingerprint density at radius 3 is 1.30 bits per heavy atom. The van der Waals surface area contributed by atoms with Crippen LogP contribution < -0.4 is 0 Å². The van der Waals surface area contributed by atoms with Crippen molar-refractivity contribution in [1.82, 2.24) is 0 Å². The molecule has 23 heavy (non-hydrogen) atoms. The lowest BCUT2D eigenvalue weighted by atomic mass is 10.1. The van der Waals surface area contributed by atoms with Crippen LogP contribution in [0.4, 0.5) is 0 Å². The van der Waals surface area contributed by atoms with Crippen LogP contribution in [-0.4, -0.2) is 0 Å². The monoisotopic (exact) mass is 322 g/mol. The molecule has 0 spiro atoms. The van der Waals surface area contributed by atoms with E-state index in [0.717, 1.165) is 12.8 Å². The highest BCUT2D eigenvalue weighted by atomic mass is 16.5. The molecule has 0 heterocycles. The third-order valence-electron chi connectivity index (χ3n) is 4.32. The largest absolute Gasteiger partial charge is 0.467 e. The smallest absolute Gasteiger partial charge is 0.0993 e. The molecule has 0 saturated carbocycles. The van der Waals surface area contributed by atoms with Crippen LogP contribution in [0.15, 0.2) is 23.7 Å². The van der Waals surface area contributed by atoms with Crippen molar-refractivity contribution in [2.75, 3.05) is 0 Å². The van der Waals surface area contributed by atoms with Gasteiger partial charge in [-0.1, -0.05) is 79.1 Å². The number of ether oxygens (including phenoxy) is 1. The molecule has 0 aromatic heterocycles. The predicted molar refractivity (Wildman–Crippen MR) is 105 cm³/mol. The van der Waals surface area contributed by atoms with Crippen molar-refractivity contribution in [3.8, 4) is 0 Å². The number of allylic oxidation sites excluding steroid dienone is 4. The Morgan fingerprint density at radius 2 is 0.957 bits per heavy atom. The number of rotatable bonds is 16. The highest BCUT2D eigenvalue weighted by Gasteiger charge is 2.00. The van der Waals surface area contributed by atoms with Crippen LogP contribution in [0, 0.1) is 0 Å². The topological polar surface area (TPSA) is 9.23 Å². The molecule has 0 atom stereocenters. The van der Waals surface area contributed by atoms with Gasteiger partial charge in [0.1, 0.15) is 0 Å². The molecule has 1 nitrogen and oxygen atoms in total. The first-order valence-electron chi connectivity index (χ1n) is 10.3. The van der Waals surface area contributed by atoms with Gasteiger partial charge in [0, 0.05) is 12.8 Å². The highest BCUT2D eigenvalue weighted by molar-refractivity contribution is 5.01. The van der Waals surface area contributed by atoms with E-state index >= 15 is 0 Å². The first-order chi connectivity index (χ1) is 11.3. The molecule has 0 aliphatic heterocycles. The van der Waals surface area contributed by atoms with Gasteiger partial charge in [-0.2, -0.15) is 0 Å². The second-order valence-corrected chi connectivity index (χ2v) is 6.56. The molecule has 0 aromatic carbocycles. The minimum atomic E-state index is 1.00. The molecule has 0 saturated heterocycles. The third kappa shape index (κ3) is 14.6. The second-order valence-electron chi connectivity index (χ2n) is 6.56. The van der Waals surface area contributed by atoms with Gasteiger partial charge in [-0.3, -0.25) is 0 Å². The van der Waals surface area contributed by atoms with Gasteiger partial charge >= 0.3 is 0 Å². The molecule has 0 fully saturated rings. The van der Waals surface area contributed by atoms with Crippen molar-refractivity contribution < 1.29 is 4.74 Å². The van der Waals surface area contributed by atoms with E-state index in [1.807, 2.05) is 0 Å². The Kier molecular flexibility index (Phi) is 17.1. The SMILES string of the molecule is CCCCCCCC=C(CC)OC(=CCCCCCCC)CC. The maximum Gasteiger partial charge on any atom is 0.0993 e. The standard InChI is InChI=1S/C22H42O/c1-5-9-11-13-15-17-19-21(7-3)23-22(8-4)20-18-16-14-12-10-6-2/h19-20H,5-18H2,1-4H3. The summed E-state index contributed by atoms with van der Waals surface area (Å²) in [6.45, 7) is 8.93. The Morgan fingerprint density at radius 1 is 0.565 bits per heavy atom. The number of unbranched alkanes of at least 4 members (excludes halogenated alkanes) is 10. The Hall–Kier alpha value is -0.720. The fourth-order valence-corrected chi connectivity index (χ4v) is 2.71. The molecule has 0 radical (unpaired) electrons. The van der Waals surface area contributed by atoms with Crippen LogP contribution in [-0.2, 0) is 4.74 Å². The summed E-state index contributed by atoms with van der Waals surface area (Å²) in [6.07, 6.45) is 22.4. The average Bonchev–Trinajstić information content (AvgIpc) is 2.58. The summed E-state index contributed by atoms with van der Waals surface area (Å²) >= 11 is 0. The van der Waals surface area contributed by atoms with E-state index in [1.165, 1.54) is 88.6 Å². The van der Waals surface area contributed by atoms with Crippen LogP contribution in [0.2, 0.25) is 0 Å². The van der Waals surface area contributed by atoms with E-state index in [-0.39, 0.29) is 0 Å². The number of hydrogen-bond acceptors (Lipinski definition) is 1. The van der Waals surface area contributed by atoms with E-state index in [2.05, 4.69) is 39.8 Å². The van der Waals surface area contributed by atoms with Crippen molar-refractivity contribution >= 4 is 0 Å². The Balaban J connectivity index is 4.02. The zero-order valence-electron chi connectivity index (χ0n) is 16.5. The summed E-state index contributed by atoms with van der Waals surface area (Å²) in [5.41, 5.74) is 0. The zero-order chi connectivity index (χ0) is 17.2. The van der Waals surface area contributed by atoms with Gasteiger partial charge in [-0.25, -0.2) is 0 Å². The van der Waals surface area contributed by atoms with Crippen LogP contribution in [0.1, 0.15) is 118 Å². The van der Waals surface area contributed by atoms with E-state index < -0.39 is 0 Å². The lowest BCUT2D eigenvalue weighted by molar-refractivity contribution is 0.279. The van der Waals surface area contributed by atoms with Gasteiger partial charge in [0.2, 0.25) is 0 Å². The van der Waals surface area contributed by atoms with E-state index in [4.69, 9.17) is 4.74 Å². The first kappa shape index (κ1) is 22.3. The summed E-state index contributed by atoms with van der Waals surface area (Å²) in [5.74, 6) is 2.33. The van der Waals surface area contributed by atoms with Crippen molar-refractivity contribution in [3.63, 3.8) is 0 Å². The number of hydrogen-bond donors (Lipinski definition) is 0. The van der Waals surface area contributed by atoms with Gasteiger partial charge in [0.05, 0.1) is 11.5 Å². The molecule has 0 amide bonds. The minimum Gasteiger partial charge on any atom is -0.467 e. The molecular weight excluding hydrogens is 280 g/mol. The molecule has 0 aliphatic rings. The molecule has 0 aromatic rings. The van der Waals surface area contributed by atoms with Crippen molar-refractivity contribution in [3.05, 3.63) is 23.7 Å². The molecule has 0 aliphatic carbocycles. The first-order valence-corrected chi connectivity index (χ1v) is 10.3. The fourth-order valence-electron chi connectivity index (χ4n) is 2.71. The van der Waals surface area contributed by atoms with Gasteiger partial charge in [0.25, 0.3) is 0 Å². The van der Waals surface area contributed by atoms with Gasteiger partial charge in [0.15, 0.2) is 0 Å². The van der Waals surface area contributed by atoms with E-state index in [0.29, 0.717) is 0 Å². The van der Waals surface area contributed by atoms with Gasteiger partial charge in [-0.15, -0.1) is 0 Å². The molecule has 1 heteroatoms. The van der Waals surface area contributed by atoms with Crippen LogP contribution in [0.5, 0.6) is 0 Å². The summed E-state index contributed by atoms with van der Waals surface area (Å²) in [6, 6.07) is 0. The lowest BCUT2D eigenvalue weighted by Crippen LogP contribution is -1.93. The summed E-state index contributed by atoms with van der Waals surface area (Å²) in [7, 11) is 0. The molecule has 0 rings (SSSR count). The maximum absolute atomic E-state index is 6.13. The minimum absolute atomic E-state index is 1.00. The highest BCUT2D eigenvalue weighted by Crippen LogP contribution is 2.17. The van der Waals surface area contributed by atoms with Gasteiger partial charge in [-0.05, 0) is 37.8 Å². The van der Waals surface area contributed by atoms with Crippen LogP contribution in [0.3, 0.4) is 0 Å². The predicted octanol–water partition coefficient (Wildman–Crippen LogP) is 8.31. The van der Waals surface area contributed by atoms with Crippen molar-refractivity contribution in [1.29, 1.82) is 0 Å². The fraction of sp³-hybridized carbons (Fsp3) is 0.818. The second kappa shape index (κ2) is 17.6. The molecule has 0 unspecified atom stereocenters. The summed E-state index contributed by atoms with van der Waals surface area (Å²) in [4.78, 5) is 0. The van der Waals surface area contributed by atoms with Crippen molar-refractivity contribution in [2.24, 2.45) is 0 Å². The summed E-state index contributed by atoms with van der Waals surface area (Å²) in [5, 5.41) is 0. The molecule has 136 valence electrons. The van der Waals surface area contributed by atoms with Gasteiger partial charge < -0.3 is 4.74 Å². The van der Waals surface area contributed by atoms with Crippen LogP contribution in [0.25, 0.3) is 0 Å². The van der Waals surface area contributed by atoms with Crippen LogP contribution >= 0.6 is 0 Å². The maximum atomic E-state index is 6.13. The Labute approximate surface area is 146 Å². The lowest BCUT2D eigenvalue weighted by Gasteiger charge is -2.11. The van der Waals surface area contributed by atoms with Crippen molar-refractivity contribution in [2.45, 2.75) is 118 Å². The quantitative estimate of drug-likeness (QED) is 0.205. The molecule has 0 bridgehead atoms. The zero-order valence-corrected chi connectivity index (χ0v) is 16.5. The normalized spacial score (nSPS) is 12.7. The Bertz CT molecular complexity index is 271. The molecule has 0 N–H and O–H groups in total.